The van der Waals surface area contributed by atoms with E-state index in [0.717, 1.165) is 0 Å². The summed E-state index contributed by atoms with van der Waals surface area (Å²) >= 11 is 0. The van der Waals surface area contributed by atoms with E-state index in [0.29, 0.717) is 12.2 Å². The number of nitrogens with zero attached hydrogens (tertiary/aromatic N) is 1. The maximum absolute atomic E-state index is 11.6. The first-order valence-corrected chi connectivity index (χ1v) is 5.21. The average Bonchev–Trinajstić information content (AvgIpc) is 2.30. The zero-order valence-electron chi connectivity index (χ0n) is 9.53. The molecular formula is C11H17N3O2. The largest absolute Gasteiger partial charge is 0.394 e. The van der Waals surface area contributed by atoms with Crippen LogP contribution in [0.5, 0.6) is 0 Å². The fraction of sp³-hybridized carbons (Fsp3) is 0.455. The van der Waals surface area contributed by atoms with Crippen LogP contribution in [0.4, 0.5) is 10.6 Å². The van der Waals surface area contributed by atoms with E-state index in [1.165, 1.54) is 0 Å². The predicted octanol–water partition coefficient (Wildman–Crippen LogP) is 1.36. The minimum absolute atomic E-state index is 0.0981. The SMILES string of the molecule is CCC(C)(CO)NC(=O)Nc1ccccn1. The molecule has 0 aliphatic carbocycles. The molecule has 0 fully saturated rings. The topological polar surface area (TPSA) is 74.2 Å². The van der Waals surface area contributed by atoms with Crippen molar-refractivity contribution in [3.05, 3.63) is 24.4 Å². The molecule has 0 saturated heterocycles. The summed E-state index contributed by atoms with van der Waals surface area (Å²) in [5.41, 5.74) is -0.598. The minimum atomic E-state index is -0.598. The number of carbonyl (C=O) groups is 1. The van der Waals surface area contributed by atoms with Crippen LogP contribution in [-0.4, -0.2) is 28.3 Å². The molecular weight excluding hydrogens is 206 g/mol. The Hall–Kier alpha value is -1.62. The predicted molar refractivity (Wildman–Crippen MR) is 62.2 cm³/mol. The third kappa shape index (κ3) is 3.51. The average molecular weight is 223 g/mol. The number of hydrogen-bond donors (Lipinski definition) is 3. The van der Waals surface area contributed by atoms with Gasteiger partial charge in [0, 0.05) is 6.20 Å². The molecule has 5 heteroatoms. The van der Waals surface area contributed by atoms with Gasteiger partial charge in [0.05, 0.1) is 12.1 Å². The number of nitrogens with one attached hydrogen (secondary N) is 2. The molecule has 16 heavy (non-hydrogen) atoms. The highest BCUT2D eigenvalue weighted by Gasteiger charge is 2.23. The van der Waals surface area contributed by atoms with Crippen LogP contribution in [-0.2, 0) is 0 Å². The van der Waals surface area contributed by atoms with E-state index in [1.807, 2.05) is 6.92 Å². The summed E-state index contributed by atoms with van der Waals surface area (Å²) in [6, 6.07) is 4.89. The van der Waals surface area contributed by atoms with Crippen molar-refractivity contribution in [2.75, 3.05) is 11.9 Å². The fourth-order valence-corrected chi connectivity index (χ4v) is 1.10. The van der Waals surface area contributed by atoms with Crippen LogP contribution in [0.3, 0.4) is 0 Å². The molecule has 0 aliphatic heterocycles. The van der Waals surface area contributed by atoms with Gasteiger partial charge in [-0.25, -0.2) is 9.78 Å². The molecule has 0 spiro atoms. The number of hydrogen-bond acceptors (Lipinski definition) is 3. The van der Waals surface area contributed by atoms with E-state index in [-0.39, 0.29) is 12.6 Å². The molecule has 1 unspecified atom stereocenters. The van der Waals surface area contributed by atoms with Crippen LogP contribution >= 0.6 is 0 Å². The fourth-order valence-electron chi connectivity index (χ4n) is 1.10. The summed E-state index contributed by atoms with van der Waals surface area (Å²) < 4.78 is 0. The number of carbonyl (C=O) groups excluding carboxylic acids is 1. The van der Waals surface area contributed by atoms with Crippen molar-refractivity contribution in [3.8, 4) is 0 Å². The highest BCUT2D eigenvalue weighted by Crippen LogP contribution is 2.08. The number of amides is 2. The van der Waals surface area contributed by atoms with Crippen molar-refractivity contribution in [1.82, 2.24) is 10.3 Å². The molecule has 1 aromatic heterocycles. The van der Waals surface area contributed by atoms with Crippen molar-refractivity contribution >= 4 is 11.8 Å². The lowest BCUT2D eigenvalue weighted by atomic mass is 10.0. The Morgan fingerprint density at radius 2 is 2.31 bits per heavy atom. The van der Waals surface area contributed by atoms with E-state index in [4.69, 9.17) is 5.11 Å². The first kappa shape index (κ1) is 12.4. The molecule has 1 aromatic rings. The van der Waals surface area contributed by atoms with Gasteiger partial charge >= 0.3 is 6.03 Å². The third-order valence-corrected chi connectivity index (χ3v) is 2.45. The maximum Gasteiger partial charge on any atom is 0.320 e. The van der Waals surface area contributed by atoms with Gasteiger partial charge in [-0.2, -0.15) is 0 Å². The number of aliphatic hydroxyl groups is 1. The normalized spacial score (nSPS) is 13.9. The quantitative estimate of drug-likeness (QED) is 0.721. The smallest absolute Gasteiger partial charge is 0.320 e. The molecule has 1 rings (SSSR count). The van der Waals surface area contributed by atoms with Crippen LogP contribution < -0.4 is 10.6 Å². The van der Waals surface area contributed by atoms with Gasteiger partial charge in [-0.15, -0.1) is 0 Å². The van der Waals surface area contributed by atoms with Crippen LogP contribution in [0.25, 0.3) is 0 Å². The van der Waals surface area contributed by atoms with Crippen LogP contribution in [0.1, 0.15) is 20.3 Å². The highest BCUT2D eigenvalue weighted by atomic mass is 16.3. The van der Waals surface area contributed by atoms with Gasteiger partial charge < -0.3 is 10.4 Å². The van der Waals surface area contributed by atoms with E-state index < -0.39 is 5.54 Å². The summed E-state index contributed by atoms with van der Waals surface area (Å²) in [6.07, 6.45) is 2.25. The standard InChI is InChI=1S/C11H17N3O2/c1-3-11(2,8-15)14-10(16)13-9-6-4-5-7-12-9/h4-7,15H,3,8H2,1-2H3,(H2,12,13,14,16). The second-order valence-corrected chi connectivity index (χ2v) is 3.87. The summed E-state index contributed by atoms with van der Waals surface area (Å²) in [6.45, 7) is 3.58. The molecule has 3 N–H and O–H groups in total. The molecule has 0 bridgehead atoms. The first-order valence-electron chi connectivity index (χ1n) is 5.21. The zero-order chi connectivity index (χ0) is 12.0. The van der Waals surface area contributed by atoms with Gasteiger partial charge in [-0.1, -0.05) is 13.0 Å². The van der Waals surface area contributed by atoms with E-state index >= 15 is 0 Å². The molecule has 0 aliphatic rings. The van der Waals surface area contributed by atoms with Crippen LogP contribution in [0, 0.1) is 0 Å². The summed E-state index contributed by atoms with van der Waals surface area (Å²) in [4.78, 5) is 15.5. The first-order chi connectivity index (χ1) is 7.59. The molecule has 5 nitrogen and oxygen atoms in total. The van der Waals surface area contributed by atoms with E-state index in [1.54, 1.807) is 31.3 Å². The van der Waals surface area contributed by atoms with E-state index in [2.05, 4.69) is 15.6 Å². The van der Waals surface area contributed by atoms with Crippen LogP contribution in [0.2, 0.25) is 0 Å². The van der Waals surface area contributed by atoms with Crippen molar-refractivity contribution in [1.29, 1.82) is 0 Å². The monoisotopic (exact) mass is 223 g/mol. The van der Waals surface area contributed by atoms with Crippen molar-refractivity contribution < 1.29 is 9.90 Å². The highest BCUT2D eigenvalue weighted by molar-refractivity contribution is 5.88. The number of anilines is 1. The Kier molecular flexibility index (Phi) is 4.25. The van der Waals surface area contributed by atoms with Gasteiger partial charge in [0.1, 0.15) is 5.82 Å². The number of aliphatic hydroxyl groups excluding tert-OH is 1. The Bertz CT molecular complexity index is 336. The lowest BCUT2D eigenvalue weighted by Crippen LogP contribution is -2.50. The second-order valence-electron chi connectivity index (χ2n) is 3.87. The molecule has 1 atom stereocenters. The number of pyridine rings is 1. The Labute approximate surface area is 94.9 Å². The Morgan fingerprint density at radius 3 is 2.81 bits per heavy atom. The van der Waals surface area contributed by atoms with Gasteiger partial charge in [0.25, 0.3) is 0 Å². The number of urea groups is 1. The molecule has 0 aromatic carbocycles. The van der Waals surface area contributed by atoms with Crippen molar-refractivity contribution in [3.63, 3.8) is 0 Å². The molecule has 88 valence electrons. The molecule has 0 saturated carbocycles. The minimum Gasteiger partial charge on any atom is -0.394 e. The van der Waals surface area contributed by atoms with Gasteiger partial charge in [-0.05, 0) is 25.5 Å². The van der Waals surface area contributed by atoms with Crippen molar-refractivity contribution in [2.45, 2.75) is 25.8 Å². The number of aromatic nitrogens is 1. The Balaban J connectivity index is 2.54. The molecule has 0 radical (unpaired) electrons. The van der Waals surface area contributed by atoms with Gasteiger partial charge in [0.2, 0.25) is 0 Å². The summed E-state index contributed by atoms with van der Waals surface area (Å²) in [5.74, 6) is 0.483. The lowest BCUT2D eigenvalue weighted by Gasteiger charge is -2.27. The number of rotatable bonds is 4. The lowest BCUT2D eigenvalue weighted by molar-refractivity contribution is 0.172. The van der Waals surface area contributed by atoms with Crippen LogP contribution in [0.15, 0.2) is 24.4 Å². The summed E-state index contributed by atoms with van der Waals surface area (Å²) in [5, 5.41) is 14.4. The van der Waals surface area contributed by atoms with Gasteiger partial charge in [-0.3, -0.25) is 5.32 Å². The van der Waals surface area contributed by atoms with Crippen molar-refractivity contribution in [2.24, 2.45) is 0 Å². The summed E-state index contributed by atoms with van der Waals surface area (Å²) in [7, 11) is 0. The van der Waals surface area contributed by atoms with Gasteiger partial charge in [0.15, 0.2) is 0 Å². The second kappa shape index (κ2) is 5.46. The molecule has 2 amide bonds. The van der Waals surface area contributed by atoms with E-state index in [9.17, 15) is 4.79 Å². The third-order valence-electron chi connectivity index (χ3n) is 2.45. The Morgan fingerprint density at radius 1 is 1.56 bits per heavy atom. The molecule has 1 heterocycles. The zero-order valence-corrected chi connectivity index (χ0v) is 9.53. The maximum atomic E-state index is 11.6.